The van der Waals surface area contributed by atoms with Crippen LogP contribution in [0.2, 0.25) is 0 Å². The topological polar surface area (TPSA) is 64.0 Å². The predicted molar refractivity (Wildman–Crippen MR) is 64.0 cm³/mol. The summed E-state index contributed by atoms with van der Waals surface area (Å²) in [4.78, 5) is 0. The van der Waals surface area contributed by atoms with Gasteiger partial charge in [0.1, 0.15) is 5.21 Å². The van der Waals surface area contributed by atoms with E-state index in [1.54, 1.807) is 0 Å². The van der Waals surface area contributed by atoms with Crippen molar-refractivity contribution < 1.29 is 8.42 Å². The molecule has 0 fully saturated rings. The standard InChI is InChI=1S/C9H16ClN3O2S/c1-8-6-9(2)13(12-8)5-3-4-11-16(14,15)7-10/h6,11H,3-5,7H2,1-2H3. The zero-order valence-corrected chi connectivity index (χ0v) is 11.0. The van der Waals surface area contributed by atoms with Crippen LogP contribution in [-0.2, 0) is 16.6 Å². The second-order valence-electron chi connectivity index (χ2n) is 3.62. The lowest BCUT2D eigenvalue weighted by Crippen LogP contribution is -2.26. The fraction of sp³-hybridized carbons (Fsp3) is 0.667. The monoisotopic (exact) mass is 265 g/mol. The third-order valence-electron chi connectivity index (χ3n) is 2.12. The first-order valence-corrected chi connectivity index (χ1v) is 7.17. The molecule has 5 nitrogen and oxygen atoms in total. The molecule has 0 aliphatic carbocycles. The van der Waals surface area contributed by atoms with Gasteiger partial charge in [-0.25, -0.2) is 13.1 Å². The van der Waals surface area contributed by atoms with Crippen LogP contribution in [0.5, 0.6) is 0 Å². The lowest BCUT2D eigenvalue weighted by Gasteiger charge is -2.05. The molecular formula is C9H16ClN3O2S. The summed E-state index contributed by atoms with van der Waals surface area (Å²) in [6.45, 7) is 4.99. The van der Waals surface area contributed by atoms with Crippen LogP contribution in [0.15, 0.2) is 6.07 Å². The smallest absolute Gasteiger partial charge is 0.225 e. The van der Waals surface area contributed by atoms with Crippen LogP contribution in [0.4, 0.5) is 0 Å². The van der Waals surface area contributed by atoms with Gasteiger partial charge in [-0.3, -0.25) is 4.68 Å². The highest BCUT2D eigenvalue weighted by Gasteiger charge is 2.06. The molecule has 0 aromatic carbocycles. The summed E-state index contributed by atoms with van der Waals surface area (Å²) in [6, 6.07) is 1.99. The number of hydrogen-bond acceptors (Lipinski definition) is 3. The van der Waals surface area contributed by atoms with Gasteiger partial charge in [0.15, 0.2) is 0 Å². The number of nitrogens with one attached hydrogen (secondary N) is 1. The number of sulfonamides is 1. The zero-order chi connectivity index (χ0) is 12.2. The Balaban J connectivity index is 2.34. The minimum Gasteiger partial charge on any atom is -0.270 e. The fourth-order valence-corrected chi connectivity index (χ4v) is 2.16. The Kier molecular flexibility index (Phi) is 4.76. The number of halogens is 1. The van der Waals surface area contributed by atoms with Crippen LogP contribution < -0.4 is 4.72 Å². The maximum atomic E-state index is 11.0. The molecular weight excluding hydrogens is 250 g/mol. The Labute approximate surface area is 101 Å². The summed E-state index contributed by atoms with van der Waals surface area (Å²) in [7, 11) is -3.29. The van der Waals surface area contributed by atoms with Crippen LogP contribution in [0, 0.1) is 13.8 Å². The summed E-state index contributed by atoms with van der Waals surface area (Å²) >= 11 is 5.25. The van der Waals surface area contributed by atoms with Crippen molar-refractivity contribution in [2.45, 2.75) is 26.8 Å². The van der Waals surface area contributed by atoms with Gasteiger partial charge in [-0.1, -0.05) is 0 Å². The molecule has 1 heterocycles. The van der Waals surface area contributed by atoms with Gasteiger partial charge in [0.25, 0.3) is 0 Å². The minimum absolute atomic E-state index is 0.382. The highest BCUT2D eigenvalue weighted by molar-refractivity contribution is 7.90. The third kappa shape index (κ3) is 4.11. The predicted octanol–water partition coefficient (Wildman–Crippen LogP) is 1.01. The highest BCUT2D eigenvalue weighted by Crippen LogP contribution is 2.02. The van der Waals surface area contributed by atoms with Crippen LogP contribution in [-0.4, -0.2) is 30.0 Å². The van der Waals surface area contributed by atoms with Gasteiger partial charge in [-0.2, -0.15) is 5.10 Å². The zero-order valence-electron chi connectivity index (χ0n) is 9.40. The number of aromatic nitrogens is 2. The third-order valence-corrected chi connectivity index (χ3v) is 3.91. The Hall–Kier alpha value is -0.590. The first-order chi connectivity index (χ1) is 7.44. The first kappa shape index (κ1) is 13.5. The van der Waals surface area contributed by atoms with Crippen LogP contribution in [0.3, 0.4) is 0 Å². The maximum Gasteiger partial charge on any atom is 0.225 e. The van der Waals surface area contributed by atoms with E-state index >= 15 is 0 Å². The van der Waals surface area contributed by atoms with Gasteiger partial charge >= 0.3 is 0 Å². The average Bonchev–Trinajstić information content (AvgIpc) is 2.52. The van der Waals surface area contributed by atoms with E-state index in [4.69, 9.17) is 11.6 Å². The average molecular weight is 266 g/mol. The quantitative estimate of drug-likeness (QED) is 0.617. The van der Waals surface area contributed by atoms with Gasteiger partial charge in [0, 0.05) is 18.8 Å². The second kappa shape index (κ2) is 5.65. The van der Waals surface area contributed by atoms with E-state index in [0.29, 0.717) is 19.5 Å². The number of nitrogens with zero attached hydrogens (tertiary/aromatic N) is 2. The number of aryl methyl sites for hydroxylation is 3. The molecule has 0 bridgehead atoms. The lowest BCUT2D eigenvalue weighted by molar-refractivity contribution is 0.546. The Morgan fingerprint density at radius 1 is 1.50 bits per heavy atom. The Bertz CT molecular complexity index is 442. The van der Waals surface area contributed by atoms with Gasteiger partial charge < -0.3 is 0 Å². The summed E-state index contributed by atoms with van der Waals surface area (Å²) in [5.41, 5.74) is 2.05. The largest absolute Gasteiger partial charge is 0.270 e. The van der Waals surface area contributed by atoms with Crippen molar-refractivity contribution in [3.05, 3.63) is 17.5 Å². The summed E-state index contributed by atoms with van der Waals surface area (Å²) in [5.74, 6) is 0. The molecule has 1 aromatic rings. The Morgan fingerprint density at radius 3 is 2.69 bits per heavy atom. The van der Waals surface area contributed by atoms with Gasteiger partial charge in [-0.05, 0) is 26.3 Å². The molecule has 0 radical (unpaired) electrons. The number of rotatable bonds is 6. The van der Waals surface area contributed by atoms with Crippen molar-refractivity contribution >= 4 is 21.6 Å². The van der Waals surface area contributed by atoms with Gasteiger partial charge in [0.05, 0.1) is 5.69 Å². The first-order valence-electron chi connectivity index (χ1n) is 4.99. The molecule has 0 unspecified atom stereocenters. The van der Waals surface area contributed by atoms with Crippen LogP contribution >= 0.6 is 11.6 Å². The van der Waals surface area contributed by atoms with E-state index in [1.165, 1.54) is 0 Å². The molecule has 0 spiro atoms. The molecule has 92 valence electrons. The van der Waals surface area contributed by atoms with E-state index in [9.17, 15) is 8.42 Å². The van der Waals surface area contributed by atoms with Crippen molar-refractivity contribution in [3.63, 3.8) is 0 Å². The minimum atomic E-state index is -3.29. The molecule has 0 amide bonds. The number of alkyl halides is 1. The molecule has 16 heavy (non-hydrogen) atoms. The number of hydrogen-bond donors (Lipinski definition) is 1. The lowest BCUT2D eigenvalue weighted by atomic mass is 10.4. The molecule has 1 aromatic heterocycles. The second-order valence-corrected chi connectivity index (χ2v) is 6.01. The summed E-state index contributed by atoms with van der Waals surface area (Å²) in [6.07, 6.45) is 0.693. The van der Waals surface area contributed by atoms with E-state index in [2.05, 4.69) is 9.82 Å². The Morgan fingerprint density at radius 2 is 2.19 bits per heavy atom. The highest BCUT2D eigenvalue weighted by atomic mass is 35.5. The molecule has 0 saturated carbocycles. The summed E-state index contributed by atoms with van der Waals surface area (Å²) in [5, 5.41) is 3.88. The SMILES string of the molecule is Cc1cc(C)n(CCCNS(=O)(=O)CCl)n1. The molecule has 7 heteroatoms. The van der Waals surface area contributed by atoms with Crippen molar-refractivity contribution in [2.24, 2.45) is 0 Å². The fourth-order valence-electron chi connectivity index (χ4n) is 1.40. The van der Waals surface area contributed by atoms with Gasteiger partial charge in [0.2, 0.25) is 10.0 Å². The van der Waals surface area contributed by atoms with Crippen molar-refractivity contribution in [2.75, 3.05) is 11.8 Å². The van der Waals surface area contributed by atoms with Crippen molar-refractivity contribution in [1.29, 1.82) is 0 Å². The maximum absolute atomic E-state index is 11.0. The van der Waals surface area contributed by atoms with E-state index in [1.807, 2.05) is 24.6 Å². The molecule has 0 saturated heterocycles. The summed E-state index contributed by atoms with van der Waals surface area (Å²) < 4.78 is 26.3. The van der Waals surface area contributed by atoms with Gasteiger partial charge in [-0.15, -0.1) is 11.6 Å². The van der Waals surface area contributed by atoms with Crippen molar-refractivity contribution in [1.82, 2.24) is 14.5 Å². The van der Waals surface area contributed by atoms with Crippen LogP contribution in [0.25, 0.3) is 0 Å². The van der Waals surface area contributed by atoms with E-state index in [-0.39, 0.29) is 0 Å². The molecule has 0 aliphatic rings. The van der Waals surface area contributed by atoms with Crippen LogP contribution in [0.1, 0.15) is 17.8 Å². The molecule has 0 aliphatic heterocycles. The molecule has 1 N–H and O–H groups in total. The van der Waals surface area contributed by atoms with E-state index in [0.717, 1.165) is 11.4 Å². The molecule has 1 rings (SSSR count). The normalized spacial score (nSPS) is 11.9. The van der Waals surface area contributed by atoms with Crippen molar-refractivity contribution in [3.8, 4) is 0 Å². The van der Waals surface area contributed by atoms with E-state index < -0.39 is 15.2 Å². The molecule has 0 atom stereocenters.